The Labute approximate surface area is 171 Å². The lowest BCUT2D eigenvalue weighted by molar-refractivity contribution is -0.126. The number of hydrogen-bond donors (Lipinski definition) is 0. The second kappa shape index (κ2) is 8.03. The van der Waals surface area contributed by atoms with E-state index in [2.05, 4.69) is 17.0 Å². The molecule has 2 heterocycles. The molecule has 0 bridgehead atoms. The molecule has 4 rings (SSSR count). The van der Waals surface area contributed by atoms with E-state index >= 15 is 0 Å². The number of furan rings is 1. The van der Waals surface area contributed by atoms with E-state index in [0.29, 0.717) is 18.8 Å². The molecule has 0 radical (unpaired) electrons. The summed E-state index contributed by atoms with van der Waals surface area (Å²) < 4.78 is 11.1. The van der Waals surface area contributed by atoms with Crippen LogP contribution in [0.1, 0.15) is 18.1 Å². The van der Waals surface area contributed by atoms with Gasteiger partial charge in [-0.1, -0.05) is 18.2 Å². The molecule has 3 aromatic rings. The summed E-state index contributed by atoms with van der Waals surface area (Å²) in [5.41, 5.74) is 4.87. The molecule has 1 aromatic heterocycles. The number of aryl methyl sites for hydroxylation is 1. The van der Waals surface area contributed by atoms with Gasteiger partial charge in [0.05, 0.1) is 13.4 Å². The summed E-state index contributed by atoms with van der Waals surface area (Å²) in [5.74, 6) is 0.753. The zero-order valence-electron chi connectivity index (χ0n) is 17.1. The maximum absolute atomic E-state index is 12.9. The number of piperazine rings is 1. The van der Waals surface area contributed by atoms with Gasteiger partial charge in [0, 0.05) is 55.0 Å². The Morgan fingerprint density at radius 3 is 2.52 bits per heavy atom. The molecule has 0 N–H and O–H groups in total. The average molecular weight is 390 g/mol. The lowest BCUT2D eigenvalue weighted by Crippen LogP contribution is -2.48. The number of carbonyl (C=O) groups is 1. The Bertz CT molecular complexity index is 1040. The van der Waals surface area contributed by atoms with Crippen LogP contribution in [0.15, 0.2) is 59.2 Å². The molecule has 5 heteroatoms. The molecule has 0 spiro atoms. The number of allylic oxidation sites excluding steroid dienone is 1. The molecule has 0 aliphatic carbocycles. The SMILES string of the molecule is COc1cc2occ(C)c2cc1/C(C)=C/C(=O)N1CCN(c2ccccc2)CC1. The number of rotatable bonds is 4. The van der Waals surface area contributed by atoms with E-state index in [1.54, 1.807) is 19.4 Å². The van der Waals surface area contributed by atoms with Crippen molar-refractivity contribution in [1.29, 1.82) is 0 Å². The van der Waals surface area contributed by atoms with Crippen LogP contribution in [-0.4, -0.2) is 44.1 Å². The molecule has 1 saturated heterocycles. The molecule has 0 saturated carbocycles. The molecular formula is C24H26N2O3. The van der Waals surface area contributed by atoms with Crippen LogP contribution in [0.25, 0.3) is 16.5 Å². The molecule has 1 aliphatic rings. The number of anilines is 1. The second-order valence-electron chi connectivity index (χ2n) is 7.44. The fourth-order valence-corrected chi connectivity index (χ4v) is 3.84. The topological polar surface area (TPSA) is 45.9 Å². The molecule has 150 valence electrons. The van der Waals surface area contributed by atoms with Gasteiger partial charge < -0.3 is 19.0 Å². The lowest BCUT2D eigenvalue weighted by atomic mass is 10.0. The molecular weight excluding hydrogens is 364 g/mol. The predicted octanol–water partition coefficient (Wildman–Crippen LogP) is 4.50. The first kappa shape index (κ1) is 19.1. The third-order valence-electron chi connectivity index (χ3n) is 5.57. The molecule has 2 aromatic carbocycles. The third-order valence-corrected chi connectivity index (χ3v) is 5.57. The number of benzene rings is 2. The van der Waals surface area contributed by atoms with E-state index in [0.717, 1.165) is 40.8 Å². The van der Waals surface area contributed by atoms with E-state index in [1.165, 1.54) is 5.69 Å². The number of amides is 1. The van der Waals surface area contributed by atoms with Crippen molar-refractivity contribution in [3.63, 3.8) is 0 Å². The number of para-hydroxylation sites is 1. The summed E-state index contributed by atoms with van der Waals surface area (Å²) in [7, 11) is 1.64. The highest BCUT2D eigenvalue weighted by atomic mass is 16.5. The minimum absolute atomic E-state index is 0.0428. The van der Waals surface area contributed by atoms with Crippen LogP contribution in [0.5, 0.6) is 5.75 Å². The van der Waals surface area contributed by atoms with Crippen LogP contribution in [-0.2, 0) is 4.79 Å². The standard InChI is InChI=1S/C24H26N2O3/c1-17(20-14-21-18(2)16-29-23(21)15-22(20)28-3)13-24(27)26-11-9-25(10-12-26)19-7-5-4-6-8-19/h4-8,13-16H,9-12H2,1-3H3/b17-13+. The van der Waals surface area contributed by atoms with Gasteiger partial charge in [-0.3, -0.25) is 4.79 Å². The van der Waals surface area contributed by atoms with Crippen molar-refractivity contribution in [2.75, 3.05) is 38.2 Å². The predicted molar refractivity (Wildman–Crippen MR) is 116 cm³/mol. The lowest BCUT2D eigenvalue weighted by Gasteiger charge is -2.35. The van der Waals surface area contributed by atoms with Crippen molar-refractivity contribution < 1.29 is 13.9 Å². The maximum Gasteiger partial charge on any atom is 0.246 e. The highest BCUT2D eigenvalue weighted by Crippen LogP contribution is 2.33. The van der Waals surface area contributed by atoms with E-state index in [4.69, 9.17) is 9.15 Å². The Hall–Kier alpha value is -3.21. The monoisotopic (exact) mass is 390 g/mol. The summed E-state index contributed by atoms with van der Waals surface area (Å²) >= 11 is 0. The molecule has 29 heavy (non-hydrogen) atoms. The van der Waals surface area contributed by atoms with Gasteiger partial charge in [0.2, 0.25) is 5.91 Å². The first-order valence-corrected chi connectivity index (χ1v) is 9.90. The number of fused-ring (bicyclic) bond motifs is 1. The highest BCUT2D eigenvalue weighted by molar-refractivity contribution is 5.97. The maximum atomic E-state index is 12.9. The molecule has 0 atom stereocenters. The number of methoxy groups -OCH3 is 1. The zero-order chi connectivity index (χ0) is 20.4. The Kier molecular flexibility index (Phi) is 5.30. The van der Waals surface area contributed by atoms with Gasteiger partial charge in [-0.25, -0.2) is 0 Å². The van der Waals surface area contributed by atoms with Crippen LogP contribution in [0.2, 0.25) is 0 Å². The number of nitrogens with zero attached hydrogens (tertiary/aromatic N) is 2. The fraction of sp³-hybridized carbons (Fsp3) is 0.292. The second-order valence-corrected chi connectivity index (χ2v) is 7.44. The Morgan fingerprint density at radius 2 is 1.83 bits per heavy atom. The van der Waals surface area contributed by atoms with Crippen molar-refractivity contribution in [3.8, 4) is 5.75 Å². The quantitative estimate of drug-likeness (QED) is 0.615. The first-order valence-electron chi connectivity index (χ1n) is 9.90. The van der Waals surface area contributed by atoms with Gasteiger partial charge >= 0.3 is 0 Å². The molecule has 1 fully saturated rings. The van der Waals surface area contributed by atoms with Gasteiger partial charge in [0.15, 0.2) is 0 Å². The first-order chi connectivity index (χ1) is 14.1. The van der Waals surface area contributed by atoms with Crippen LogP contribution in [0.4, 0.5) is 5.69 Å². The summed E-state index contributed by atoms with van der Waals surface area (Å²) in [6, 6.07) is 14.3. The zero-order valence-corrected chi connectivity index (χ0v) is 17.1. The van der Waals surface area contributed by atoms with Gasteiger partial charge in [-0.2, -0.15) is 0 Å². The summed E-state index contributed by atoms with van der Waals surface area (Å²) in [6.45, 7) is 7.08. The molecule has 0 unspecified atom stereocenters. The van der Waals surface area contributed by atoms with Gasteiger partial charge in [0.1, 0.15) is 11.3 Å². The molecule has 1 aliphatic heterocycles. The van der Waals surface area contributed by atoms with Crippen LogP contribution >= 0.6 is 0 Å². The van der Waals surface area contributed by atoms with Crippen molar-refractivity contribution in [3.05, 3.63) is 65.9 Å². The summed E-state index contributed by atoms with van der Waals surface area (Å²) in [6.07, 6.45) is 3.46. The van der Waals surface area contributed by atoms with E-state index in [1.807, 2.05) is 49.1 Å². The largest absolute Gasteiger partial charge is 0.496 e. The average Bonchev–Trinajstić information content (AvgIpc) is 3.13. The van der Waals surface area contributed by atoms with Gasteiger partial charge in [-0.05, 0) is 43.2 Å². The van der Waals surface area contributed by atoms with Crippen LogP contribution in [0, 0.1) is 6.92 Å². The highest BCUT2D eigenvalue weighted by Gasteiger charge is 2.21. The van der Waals surface area contributed by atoms with E-state index in [9.17, 15) is 4.79 Å². The summed E-state index contributed by atoms with van der Waals surface area (Å²) in [4.78, 5) is 17.1. The fourth-order valence-electron chi connectivity index (χ4n) is 3.84. The minimum Gasteiger partial charge on any atom is -0.496 e. The van der Waals surface area contributed by atoms with Crippen molar-refractivity contribution in [1.82, 2.24) is 4.90 Å². The smallest absolute Gasteiger partial charge is 0.246 e. The van der Waals surface area contributed by atoms with Crippen LogP contribution in [0.3, 0.4) is 0 Å². The van der Waals surface area contributed by atoms with Gasteiger partial charge in [-0.15, -0.1) is 0 Å². The normalized spacial score (nSPS) is 15.1. The van der Waals surface area contributed by atoms with Crippen LogP contribution < -0.4 is 9.64 Å². The van der Waals surface area contributed by atoms with E-state index in [-0.39, 0.29) is 5.91 Å². The third kappa shape index (κ3) is 3.86. The Morgan fingerprint density at radius 1 is 1.10 bits per heavy atom. The number of carbonyl (C=O) groups excluding carboxylic acids is 1. The van der Waals surface area contributed by atoms with Gasteiger partial charge in [0.25, 0.3) is 0 Å². The number of hydrogen-bond acceptors (Lipinski definition) is 4. The number of ether oxygens (including phenoxy) is 1. The van der Waals surface area contributed by atoms with Crippen molar-refractivity contribution in [2.45, 2.75) is 13.8 Å². The summed E-state index contributed by atoms with van der Waals surface area (Å²) in [5, 5.41) is 1.04. The van der Waals surface area contributed by atoms with E-state index < -0.39 is 0 Å². The molecule has 1 amide bonds. The molecule has 5 nitrogen and oxygen atoms in total. The van der Waals surface area contributed by atoms with Crippen molar-refractivity contribution in [2.24, 2.45) is 0 Å². The Balaban J connectivity index is 1.50. The minimum atomic E-state index is 0.0428. The van der Waals surface area contributed by atoms with Crippen molar-refractivity contribution >= 4 is 28.1 Å².